The first kappa shape index (κ1) is 14.4. The molecule has 2 N–H and O–H groups in total. The van der Waals surface area contributed by atoms with Crippen LogP contribution in [0.1, 0.15) is 19.5 Å². The molecule has 8 nitrogen and oxygen atoms in total. The van der Waals surface area contributed by atoms with Crippen LogP contribution in [0.3, 0.4) is 0 Å². The predicted octanol–water partition coefficient (Wildman–Crippen LogP) is 0.806. The van der Waals surface area contributed by atoms with Crippen LogP contribution in [0.15, 0.2) is 0 Å². The Morgan fingerprint density at radius 3 is 2.55 bits per heavy atom. The van der Waals surface area contributed by atoms with Gasteiger partial charge in [0.25, 0.3) is 0 Å². The van der Waals surface area contributed by atoms with E-state index in [0.29, 0.717) is 24.6 Å². The highest BCUT2D eigenvalue weighted by atomic mass is 16.6. The molecule has 20 heavy (non-hydrogen) atoms. The standard InChI is InChI=1S/C12H20N6O2/c1-8-9(18(19)20)10(15-11(13)14-8)17-6-5-16(4)12(2,3)7-17/h5-7H2,1-4H3,(H2,13,14,15). The maximum Gasteiger partial charge on any atom is 0.332 e. The van der Waals surface area contributed by atoms with E-state index >= 15 is 0 Å². The zero-order valence-electron chi connectivity index (χ0n) is 12.3. The highest BCUT2D eigenvalue weighted by Gasteiger charge is 2.35. The van der Waals surface area contributed by atoms with E-state index in [1.807, 2.05) is 11.9 Å². The molecule has 1 saturated heterocycles. The first-order valence-corrected chi connectivity index (χ1v) is 6.47. The summed E-state index contributed by atoms with van der Waals surface area (Å²) in [4.78, 5) is 23.0. The summed E-state index contributed by atoms with van der Waals surface area (Å²) < 4.78 is 0. The molecule has 0 radical (unpaired) electrons. The van der Waals surface area contributed by atoms with Gasteiger partial charge in [-0.25, -0.2) is 4.98 Å². The van der Waals surface area contributed by atoms with Gasteiger partial charge in [-0.05, 0) is 27.8 Å². The van der Waals surface area contributed by atoms with E-state index in [4.69, 9.17) is 5.73 Å². The normalized spacial score (nSPS) is 19.1. The fraction of sp³-hybridized carbons (Fsp3) is 0.667. The number of hydrogen-bond donors (Lipinski definition) is 1. The number of piperazine rings is 1. The van der Waals surface area contributed by atoms with Gasteiger partial charge in [0.05, 0.1) is 4.92 Å². The van der Waals surface area contributed by atoms with Crippen LogP contribution in [0.4, 0.5) is 17.5 Å². The third-order valence-corrected chi connectivity index (χ3v) is 3.86. The molecule has 1 fully saturated rings. The number of nitrogens with zero attached hydrogens (tertiary/aromatic N) is 5. The minimum atomic E-state index is -0.435. The summed E-state index contributed by atoms with van der Waals surface area (Å²) in [5.74, 6) is 0.390. The van der Waals surface area contributed by atoms with Crippen molar-refractivity contribution in [1.82, 2.24) is 14.9 Å². The molecule has 0 bridgehead atoms. The van der Waals surface area contributed by atoms with Gasteiger partial charge in [0, 0.05) is 25.2 Å². The van der Waals surface area contributed by atoms with Gasteiger partial charge < -0.3 is 10.6 Å². The van der Waals surface area contributed by atoms with E-state index in [1.165, 1.54) is 0 Å². The lowest BCUT2D eigenvalue weighted by Gasteiger charge is -2.45. The molecular weight excluding hydrogens is 260 g/mol. The van der Waals surface area contributed by atoms with E-state index in [0.717, 1.165) is 6.54 Å². The van der Waals surface area contributed by atoms with Crippen molar-refractivity contribution in [3.63, 3.8) is 0 Å². The summed E-state index contributed by atoms with van der Waals surface area (Å²) in [6.45, 7) is 7.93. The smallest absolute Gasteiger partial charge is 0.332 e. The average Bonchev–Trinajstić information content (AvgIpc) is 2.30. The van der Waals surface area contributed by atoms with Crippen LogP contribution < -0.4 is 10.6 Å². The van der Waals surface area contributed by atoms with Gasteiger partial charge in [-0.3, -0.25) is 15.0 Å². The number of nitrogen functional groups attached to an aromatic ring is 1. The summed E-state index contributed by atoms with van der Waals surface area (Å²) >= 11 is 0. The first-order valence-electron chi connectivity index (χ1n) is 6.47. The molecule has 8 heteroatoms. The fourth-order valence-electron chi connectivity index (χ4n) is 2.43. The quantitative estimate of drug-likeness (QED) is 0.631. The number of aryl methyl sites for hydroxylation is 1. The van der Waals surface area contributed by atoms with Crippen LogP contribution in [0.2, 0.25) is 0 Å². The number of rotatable bonds is 2. The molecule has 1 aliphatic heterocycles. The summed E-state index contributed by atoms with van der Waals surface area (Å²) in [5.41, 5.74) is 5.81. The number of nitrogens with two attached hydrogens (primary N) is 1. The van der Waals surface area contributed by atoms with E-state index in [9.17, 15) is 10.1 Å². The van der Waals surface area contributed by atoms with Crippen LogP contribution in [-0.2, 0) is 0 Å². The van der Waals surface area contributed by atoms with Crippen molar-refractivity contribution in [2.24, 2.45) is 0 Å². The lowest BCUT2D eigenvalue weighted by atomic mass is 9.99. The van der Waals surface area contributed by atoms with E-state index in [-0.39, 0.29) is 17.2 Å². The maximum atomic E-state index is 11.3. The minimum Gasteiger partial charge on any atom is -0.368 e. The van der Waals surface area contributed by atoms with Gasteiger partial charge in [0.1, 0.15) is 5.69 Å². The van der Waals surface area contributed by atoms with Crippen LogP contribution in [0.5, 0.6) is 0 Å². The molecule has 1 aliphatic rings. The van der Waals surface area contributed by atoms with Gasteiger partial charge in [-0.15, -0.1) is 0 Å². The summed E-state index contributed by atoms with van der Waals surface area (Å²) in [5, 5.41) is 11.3. The molecule has 0 aliphatic carbocycles. The van der Waals surface area contributed by atoms with Crippen molar-refractivity contribution in [2.45, 2.75) is 26.3 Å². The van der Waals surface area contributed by atoms with Crippen LogP contribution in [-0.4, -0.2) is 52.0 Å². The Bertz CT molecular complexity index is 545. The molecule has 110 valence electrons. The topological polar surface area (TPSA) is 101 Å². The number of nitro groups is 1. The Hall–Kier alpha value is -1.96. The Kier molecular flexibility index (Phi) is 3.51. The van der Waals surface area contributed by atoms with Crippen molar-refractivity contribution in [2.75, 3.05) is 37.3 Å². The highest BCUT2D eigenvalue weighted by Crippen LogP contribution is 2.32. The summed E-state index contributed by atoms with van der Waals surface area (Å²) in [7, 11) is 2.05. The van der Waals surface area contributed by atoms with E-state index < -0.39 is 4.92 Å². The molecule has 0 unspecified atom stereocenters. The van der Waals surface area contributed by atoms with Crippen LogP contribution in [0, 0.1) is 17.0 Å². The largest absolute Gasteiger partial charge is 0.368 e. The van der Waals surface area contributed by atoms with Crippen LogP contribution >= 0.6 is 0 Å². The Morgan fingerprint density at radius 2 is 2.00 bits per heavy atom. The number of anilines is 2. The Labute approximate surface area is 117 Å². The van der Waals surface area contributed by atoms with E-state index in [1.54, 1.807) is 6.92 Å². The second-order valence-corrected chi connectivity index (χ2v) is 5.75. The molecule has 0 saturated carbocycles. The summed E-state index contributed by atoms with van der Waals surface area (Å²) in [6.07, 6.45) is 0. The van der Waals surface area contributed by atoms with Gasteiger partial charge in [-0.1, -0.05) is 0 Å². The maximum absolute atomic E-state index is 11.3. The zero-order valence-corrected chi connectivity index (χ0v) is 12.3. The summed E-state index contributed by atoms with van der Waals surface area (Å²) in [6, 6.07) is 0. The van der Waals surface area contributed by atoms with Crippen molar-refractivity contribution in [3.05, 3.63) is 15.8 Å². The lowest BCUT2D eigenvalue weighted by molar-refractivity contribution is -0.385. The lowest BCUT2D eigenvalue weighted by Crippen LogP contribution is -2.58. The van der Waals surface area contributed by atoms with Gasteiger partial charge in [0.15, 0.2) is 0 Å². The number of hydrogen-bond acceptors (Lipinski definition) is 7. The monoisotopic (exact) mass is 280 g/mol. The average molecular weight is 280 g/mol. The fourth-order valence-corrected chi connectivity index (χ4v) is 2.43. The molecule has 2 heterocycles. The molecule has 1 aromatic heterocycles. The first-order chi connectivity index (χ1) is 9.22. The molecule has 2 rings (SSSR count). The minimum absolute atomic E-state index is 0.0560. The molecule has 0 aromatic carbocycles. The second-order valence-electron chi connectivity index (χ2n) is 5.75. The van der Waals surface area contributed by atoms with Crippen molar-refractivity contribution in [1.29, 1.82) is 0 Å². The number of likely N-dealkylation sites (N-methyl/N-ethyl adjacent to an activating group) is 1. The third-order valence-electron chi connectivity index (χ3n) is 3.86. The zero-order chi connectivity index (χ0) is 15.1. The molecule has 0 atom stereocenters. The SMILES string of the molecule is Cc1nc(N)nc(N2CCN(C)C(C)(C)C2)c1[N+](=O)[O-]. The number of aromatic nitrogens is 2. The van der Waals surface area contributed by atoms with Gasteiger partial charge >= 0.3 is 5.69 Å². The Morgan fingerprint density at radius 1 is 1.35 bits per heavy atom. The predicted molar refractivity (Wildman–Crippen MR) is 76.8 cm³/mol. The van der Waals surface area contributed by atoms with Gasteiger partial charge in [0.2, 0.25) is 11.8 Å². The third kappa shape index (κ3) is 2.51. The van der Waals surface area contributed by atoms with E-state index in [2.05, 4.69) is 28.7 Å². The van der Waals surface area contributed by atoms with Crippen molar-refractivity contribution < 1.29 is 4.92 Å². The highest BCUT2D eigenvalue weighted by molar-refractivity contribution is 5.62. The van der Waals surface area contributed by atoms with Gasteiger partial charge in [-0.2, -0.15) is 4.98 Å². The van der Waals surface area contributed by atoms with Crippen molar-refractivity contribution in [3.8, 4) is 0 Å². The van der Waals surface area contributed by atoms with Crippen LogP contribution in [0.25, 0.3) is 0 Å². The Balaban J connectivity index is 2.45. The van der Waals surface area contributed by atoms with Crippen molar-refractivity contribution >= 4 is 17.5 Å². The molecule has 0 spiro atoms. The molecule has 0 amide bonds. The second kappa shape index (κ2) is 4.86. The molecular formula is C12H20N6O2. The molecule has 1 aromatic rings.